The average molecular weight is 2060 g/mol. The molecule has 20 rings (SSSR count). The molecular weight excluding hydrogens is 1930 g/mol. The lowest BCUT2D eigenvalue weighted by molar-refractivity contribution is -0.140. The molecule has 7 fully saturated rings. The van der Waals surface area contributed by atoms with E-state index in [0.29, 0.717) is 57.4 Å². The van der Waals surface area contributed by atoms with Crippen LogP contribution in [-0.2, 0) is 48.2 Å². The number of nitrogens with one attached hydrogen (secondary N) is 4. The monoisotopic (exact) mass is 2060 g/mol. The number of aromatic nitrogens is 10. The zero-order chi connectivity index (χ0) is 102. The molecule has 28 nitrogen and oxygen atoms in total. The molecule has 12 atom stereocenters. The van der Waals surface area contributed by atoms with Gasteiger partial charge in [-0.3, -0.25) is 48.3 Å². The van der Waals surface area contributed by atoms with Gasteiger partial charge in [0.2, 0.25) is 47.3 Å². The Morgan fingerprint density at radius 1 is 0.342 bits per heavy atom. The third kappa shape index (κ3) is 24.4. The maximum atomic E-state index is 14.1. The van der Waals surface area contributed by atoms with Crippen molar-refractivity contribution in [3.05, 3.63) is 215 Å². The highest BCUT2D eigenvalue weighted by Crippen LogP contribution is 2.47. The fourth-order valence-electron chi connectivity index (χ4n) is 21.2. The van der Waals surface area contributed by atoms with Crippen LogP contribution >= 0.6 is 45.3 Å². The van der Waals surface area contributed by atoms with Crippen molar-refractivity contribution in [2.45, 2.75) is 258 Å². The molecule has 4 aromatic carbocycles. The van der Waals surface area contributed by atoms with Crippen molar-refractivity contribution in [3.8, 4) is 44.6 Å². The van der Waals surface area contributed by atoms with Crippen LogP contribution in [0.1, 0.15) is 265 Å². The van der Waals surface area contributed by atoms with Crippen molar-refractivity contribution in [2.24, 2.45) is 41.4 Å². The zero-order valence-corrected chi connectivity index (χ0v) is 88.7. The number of fused-ring (bicyclic) bond motifs is 4. The van der Waals surface area contributed by atoms with Gasteiger partial charge in [0, 0.05) is 115 Å². The molecule has 0 bridgehead atoms. The molecule has 0 unspecified atom stereocenters. The van der Waals surface area contributed by atoms with E-state index in [0.717, 1.165) is 222 Å². The van der Waals surface area contributed by atoms with Gasteiger partial charge in [0.05, 0.1) is 45.9 Å². The SMILES string of the molecule is CC[C@@H](C)C(=O)N[C@H](C(=O)N1CCC[C@H]1c1nc2c(-c3ccccc3)ccnc2s1)C1CCCCC1.CC[C@@H](C)C(=O)N[C@H](C(=O)N1CCC[C@H]1c1nc2c(-c3ccccc3)ccnc2s1)C1CCS(=O)(=O)CC1.CC[C@@H](C)C(=O)N[C@H](C(=O)N1CCC[C@H]1c1nc2c(-c3ccccc3)cncc2s1)C1CCCCC1.CC[C@@H](C)C(=O)N[C@H](C(=O)N1CCC[C@H]1c1nc2c(-c3ccccc3)ncnc2s1)c1cccnc1. The number of thiazole rings is 4. The number of pyridine rings is 4. The highest BCUT2D eigenvalue weighted by Gasteiger charge is 2.46. The summed E-state index contributed by atoms with van der Waals surface area (Å²) in [5, 5.41) is 16.0. The number of nitrogens with zero attached hydrogens (tertiary/aromatic N) is 14. The number of amides is 8. The van der Waals surface area contributed by atoms with E-state index < -0.39 is 34.0 Å². The molecule has 33 heteroatoms. The van der Waals surface area contributed by atoms with Gasteiger partial charge < -0.3 is 40.9 Å². The Bertz CT molecular complexity index is 6600. The maximum absolute atomic E-state index is 14.1. The van der Waals surface area contributed by atoms with E-state index >= 15 is 0 Å². The summed E-state index contributed by atoms with van der Waals surface area (Å²) in [6.45, 7) is 18.1. The third-order valence-corrected chi connectivity index (χ3v) is 36.5. The Morgan fingerprint density at radius 2 is 0.705 bits per heavy atom. The van der Waals surface area contributed by atoms with Gasteiger partial charge >= 0.3 is 0 Å². The predicted molar refractivity (Wildman–Crippen MR) is 577 cm³/mol. The molecule has 13 aromatic rings. The number of carbonyl (C=O) groups is 8. The first kappa shape index (κ1) is 105. The molecule has 0 radical (unpaired) electrons. The molecular formula is C113H134N18O10S5. The molecule has 8 amide bonds. The minimum absolute atomic E-state index is 0.00395. The van der Waals surface area contributed by atoms with E-state index in [1.165, 1.54) is 35.5 Å². The Morgan fingerprint density at radius 3 is 1.11 bits per heavy atom. The summed E-state index contributed by atoms with van der Waals surface area (Å²) in [6.07, 6.45) is 33.9. The molecule has 9 aromatic heterocycles. The molecule has 5 aliphatic heterocycles. The molecule has 7 aliphatic rings. The van der Waals surface area contributed by atoms with Gasteiger partial charge in [-0.05, 0) is 168 Å². The van der Waals surface area contributed by atoms with Gasteiger partial charge in [-0.1, -0.05) is 255 Å². The van der Waals surface area contributed by atoms with Crippen molar-refractivity contribution in [1.29, 1.82) is 0 Å². The Hall–Kier alpha value is -12.2. The lowest BCUT2D eigenvalue weighted by Crippen LogP contribution is -2.54. The Labute approximate surface area is 871 Å². The number of hydrogen-bond donors (Lipinski definition) is 4. The first-order valence-electron chi connectivity index (χ1n) is 52.6. The van der Waals surface area contributed by atoms with Gasteiger partial charge in [0.1, 0.15) is 97.1 Å². The molecule has 2 saturated carbocycles. The molecule has 4 N–H and O–H groups in total. The van der Waals surface area contributed by atoms with E-state index in [4.69, 9.17) is 19.9 Å². The van der Waals surface area contributed by atoms with E-state index in [1.807, 2.05) is 209 Å². The molecule has 0 spiro atoms. The van der Waals surface area contributed by atoms with Gasteiger partial charge in [0.25, 0.3) is 0 Å². The van der Waals surface area contributed by atoms with Crippen LogP contribution in [-0.4, -0.2) is 181 Å². The van der Waals surface area contributed by atoms with Gasteiger partial charge in [-0.15, -0.1) is 11.3 Å². The van der Waals surface area contributed by atoms with Crippen molar-refractivity contribution in [3.63, 3.8) is 0 Å². The third-order valence-electron chi connectivity index (χ3n) is 30.5. The number of sulfone groups is 1. The molecule has 14 heterocycles. The summed E-state index contributed by atoms with van der Waals surface area (Å²) >= 11 is 6.24. The van der Waals surface area contributed by atoms with Crippen LogP contribution in [0.3, 0.4) is 0 Å². The minimum Gasteiger partial charge on any atom is -0.344 e. The number of carbonyl (C=O) groups excluding carboxylic acids is 8. The Balaban J connectivity index is 0.000000133. The highest BCUT2D eigenvalue weighted by molar-refractivity contribution is 7.91. The first-order valence-corrected chi connectivity index (χ1v) is 57.7. The van der Waals surface area contributed by atoms with Crippen LogP contribution in [0.25, 0.3) is 85.9 Å². The largest absolute Gasteiger partial charge is 0.344 e. The lowest BCUT2D eigenvalue weighted by Gasteiger charge is -2.35. The smallest absolute Gasteiger partial charge is 0.250 e. The van der Waals surface area contributed by atoms with E-state index in [2.05, 4.69) is 75.4 Å². The summed E-state index contributed by atoms with van der Waals surface area (Å²) in [7, 11) is -3.09. The maximum Gasteiger partial charge on any atom is 0.250 e. The molecule has 766 valence electrons. The topological polar surface area (TPSA) is 361 Å². The second kappa shape index (κ2) is 49.1. The van der Waals surface area contributed by atoms with Gasteiger partial charge in [-0.25, -0.2) is 48.3 Å². The zero-order valence-electron chi connectivity index (χ0n) is 84.7. The second-order valence-electron chi connectivity index (χ2n) is 40.1. The average Bonchev–Trinajstić information content (AvgIpc) is 1.63. The second-order valence-corrected chi connectivity index (χ2v) is 46.5. The van der Waals surface area contributed by atoms with Crippen LogP contribution in [0.2, 0.25) is 0 Å². The number of rotatable bonds is 28. The standard InChI is InChI=1S/2C29H36N4O2S.C28H34N4O4S2.C27H28N6O2S/c1-3-19(2)26(34)31-24(21-13-8-5-9-14-21)29(35)33-18-10-15-23(33)27-32-25-22(16-17-30-28(25)36-27)20-11-6-4-7-12-20;1-3-19(2)27(34)31-25(21-13-8-5-9-14-21)29(35)33-16-10-15-23(33)28-32-26-22(17-30-18-24(26)36-28)20-11-6-4-7-12-20;1-3-18(2)25(33)30-23(20-12-16-38(35,36)17-13-20)28(34)32-15-7-10-22(32)26-31-24-21(11-14-29-27(24)37-26)19-8-5-4-6-9-19;1-3-17(2)24(34)31-22(19-11-7-13-28-15-19)27(35)33-14-8-12-20(33)25-32-23-21(18-9-5-4-6-10-18)29-16-30-26(23)36-25/h4,6-7,11-12,16-17,19,21,23-24H,3,5,8-10,13-15,18H2,1-2H3,(H,31,34);4,6-7,11-12,17-19,21,23,25H,3,5,8-10,13-16H2,1-2H3,(H,31,34);4-6,8-9,11,14,18,20,22-23H,3,7,10,12-13,15-17H2,1-2H3,(H,30,33);4-7,9-11,13,15-17,20,22H,3,8,12,14H2,1-2H3,(H,31,34)/t19-,23+,24+;19-,23+,25+;18-,22+,23+;17-,20+,22+/m1111/s1. The van der Waals surface area contributed by atoms with Crippen LogP contribution in [0.4, 0.5) is 0 Å². The lowest BCUT2D eigenvalue weighted by atomic mass is 9.83. The molecule has 5 saturated heterocycles. The highest BCUT2D eigenvalue weighted by atomic mass is 32.2. The summed E-state index contributed by atoms with van der Waals surface area (Å²) < 4.78 is 25.2. The number of likely N-dealkylation sites (tertiary alicyclic amines) is 4. The minimum atomic E-state index is -3.09. The normalized spacial score (nSPS) is 19.8. The van der Waals surface area contributed by atoms with Gasteiger partial charge in [0.15, 0.2) is 0 Å². The quantitative estimate of drug-likeness (QED) is 0.0354. The van der Waals surface area contributed by atoms with Crippen molar-refractivity contribution < 1.29 is 46.8 Å². The van der Waals surface area contributed by atoms with Crippen molar-refractivity contribution in [1.82, 2.24) is 90.7 Å². The summed E-state index contributed by atoms with van der Waals surface area (Å²) in [5.74, 6) is -0.728. The number of hydrogen-bond acceptors (Lipinski definition) is 24. The van der Waals surface area contributed by atoms with Crippen molar-refractivity contribution >= 4 is 144 Å². The van der Waals surface area contributed by atoms with Crippen molar-refractivity contribution in [2.75, 3.05) is 37.7 Å². The fraction of sp³-hybridized carbons (Fsp3) is 0.469. The van der Waals surface area contributed by atoms with Crippen LogP contribution in [0.5, 0.6) is 0 Å². The molecule has 2 aliphatic carbocycles. The van der Waals surface area contributed by atoms with E-state index in [-0.39, 0.29) is 124 Å². The van der Waals surface area contributed by atoms with E-state index in [1.54, 1.807) is 53.7 Å². The summed E-state index contributed by atoms with van der Waals surface area (Å²) in [6, 6.07) is 45.2. The van der Waals surface area contributed by atoms with Crippen LogP contribution in [0.15, 0.2) is 189 Å². The summed E-state index contributed by atoms with van der Waals surface area (Å²) in [5.41, 5.74) is 12.2. The summed E-state index contributed by atoms with van der Waals surface area (Å²) in [4.78, 5) is 165. The predicted octanol–water partition coefficient (Wildman–Crippen LogP) is 21.4. The van der Waals surface area contributed by atoms with Gasteiger partial charge in [-0.2, -0.15) is 0 Å². The van der Waals surface area contributed by atoms with Crippen LogP contribution in [0, 0.1) is 41.4 Å². The fourth-order valence-corrected chi connectivity index (χ4v) is 27.0. The van der Waals surface area contributed by atoms with Crippen LogP contribution < -0.4 is 21.3 Å². The first-order chi connectivity index (χ1) is 71.0. The number of benzene rings is 4. The Kier molecular flexibility index (Phi) is 35.4. The molecule has 146 heavy (non-hydrogen) atoms. The van der Waals surface area contributed by atoms with E-state index in [9.17, 15) is 46.8 Å².